The Labute approximate surface area is 92.0 Å². The minimum atomic E-state index is -0.674. The van der Waals surface area contributed by atoms with Crippen molar-refractivity contribution in [1.82, 2.24) is 0 Å². The van der Waals surface area contributed by atoms with Crippen LogP contribution in [-0.4, -0.2) is 40.2 Å². The van der Waals surface area contributed by atoms with Crippen molar-refractivity contribution in [2.75, 3.05) is 12.0 Å². The highest BCUT2D eigenvalue weighted by molar-refractivity contribution is 8.76. The number of hydrogen-bond donors (Lipinski definition) is 2. The second kappa shape index (κ2) is 6.00. The molecule has 0 saturated heterocycles. The molecule has 3 unspecified atom stereocenters. The van der Waals surface area contributed by atoms with E-state index in [0.717, 1.165) is 5.75 Å². The molecule has 0 radical (unpaired) electrons. The molecule has 1 aliphatic rings. The number of hydrogen-bond acceptors (Lipinski definition) is 5. The van der Waals surface area contributed by atoms with E-state index < -0.39 is 12.2 Å². The minimum absolute atomic E-state index is 0.00298. The van der Waals surface area contributed by atoms with Crippen LogP contribution in [0.3, 0.4) is 0 Å². The third-order valence-electron chi connectivity index (χ3n) is 2.49. The summed E-state index contributed by atoms with van der Waals surface area (Å²) in [4.78, 5) is 11.4. The molecule has 0 bridgehead atoms. The summed E-state index contributed by atoms with van der Waals surface area (Å²) in [6, 6.07) is 0. The first-order valence-electron chi connectivity index (χ1n) is 4.68. The van der Waals surface area contributed by atoms with Crippen molar-refractivity contribution in [3.05, 3.63) is 0 Å². The predicted octanol–water partition coefficient (Wildman–Crippen LogP) is 1.09. The first-order valence-corrected chi connectivity index (χ1v) is 7.41. The molecule has 0 aliphatic heterocycles. The van der Waals surface area contributed by atoms with E-state index in [4.69, 9.17) is 5.11 Å². The first kappa shape index (κ1) is 12.4. The maximum Gasteiger partial charge on any atom is 0.134 e. The summed E-state index contributed by atoms with van der Waals surface area (Å²) < 4.78 is 0. The number of Topliss-reactive ketones (excluding diaryl/α,β-unsaturated/α-hetero) is 1. The molecular weight excluding hydrogens is 220 g/mol. The van der Waals surface area contributed by atoms with Crippen LogP contribution in [0.2, 0.25) is 0 Å². The highest BCUT2D eigenvalue weighted by Gasteiger charge is 2.39. The van der Waals surface area contributed by atoms with Crippen LogP contribution in [0.15, 0.2) is 0 Å². The third kappa shape index (κ3) is 3.46. The van der Waals surface area contributed by atoms with Gasteiger partial charge < -0.3 is 10.2 Å². The Morgan fingerprint density at radius 1 is 1.50 bits per heavy atom. The molecule has 0 aromatic carbocycles. The van der Waals surface area contributed by atoms with Gasteiger partial charge in [-0.05, 0) is 18.6 Å². The maximum atomic E-state index is 11.4. The Hall–Kier alpha value is 0.290. The van der Waals surface area contributed by atoms with Crippen LogP contribution in [0.5, 0.6) is 0 Å². The lowest BCUT2D eigenvalue weighted by Gasteiger charge is -2.37. The summed E-state index contributed by atoms with van der Waals surface area (Å²) in [5.74, 6) is 1.03. The average Bonchev–Trinajstić information content (AvgIpc) is 2.17. The smallest absolute Gasteiger partial charge is 0.134 e. The Balaban J connectivity index is 2.09. The summed E-state index contributed by atoms with van der Waals surface area (Å²) in [6.45, 7) is 0. The summed E-state index contributed by atoms with van der Waals surface area (Å²) in [7, 11) is 3.33. The van der Waals surface area contributed by atoms with E-state index in [9.17, 15) is 9.90 Å². The zero-order valence-electron chi connectivity index (χ0n) is 8.18. The van der Waals surface area contributed by atoms with Crippen LogP contribution in [0.25, 0.3) is 0 Å². The minimum Gasteiger partial charge on any atom is -0.390 e. The quantitative estimate of drug-likeness (QED) is 0.534. The first-order chi connectivity index (χ1) is 6.65. The van der Waals surface area contributed by atoms with Crippen molar-refractivity contribution in [3.8, 4) is 0 Å². The summed E-state index contributed by atoms with van der Waals surface area (Å²) in [5, 5.41) is 18.3. The topological polar surface area (TPSA) is 57.5 Å². The van der Waals surface area contributed by atoms with Crippen LogP contribution in [0.1, 0.15) is 19.3 Å². The fraction of sp³-hybridized carbons (Fsp3) is 0.889. The van der Waals surface area contributed by atoms with Crippen molar-refractivity contribution in [1.29, 1.82) is 0 Å². The van der Waals surface area contributed by atoms with Crippen LogP contribution < -0.4 is 0 Å². The number of carbonyl (C=O) groups is 1. The summed E-state index contributed by atoms with van der Waals surface area (Å²) in [6.07, 6.45) is 2.28. The Morgan fingerprint density at radius 3 is 2.71 bits per heavy atom. The fourth-order valence-corrected chi connectivity index (χ4v) is 2.77. The van der Waals surface area contributed by atoms with Gasteiger partial charge in [0.25, 0.3) is 0 Å². The molecule has 1 saturated carbocycles. The summed E-state index contributed by atoms with van der Waals surface area (Å²) >= 11 is 0. The number of rotatable bonds is 6. The molecule has 5 heteroatoms. The number of aliphatic hydroxyl groups is 2. The highest BCUT2D eigenvalue weighted by Crippen LogP contribution is 2.31. The van der Waals surface area contributed by atoms with E-state index in [0.29, 0.717) is 19.3 Å². The molecule has 0 aromatic rings. The molecule has 0 aromatic heterocycles. The molecule has 0 heterocycles. The Kier molecular flexibility index (Phi) is 5.30. The molecule has 3 atom stereocenters. The van der Waals surface area contributed by atoms with Gasteiger partial charge in [-0.25, -0.2) is 0 Å². The van der Waals surface area contributed by atoms with Crippen molar-refractivity contribution in [2.45, 2.75) is 31.5 Å². The second-order valence-corrected chi connectivity index (χ2v) is 6.22. The van der Waals surface area contributed by atoms with Gasteiger partial charge in [0.15, 0.2) is 0 Å². The van der Waals surface area contributed by atoms with Crippen molar-refractivity contribution in [2.24, 2.45) is 5.92 Å². The molecule has 14 heavy (non-hydrogen) atoms. The van der Waals surface area contributed by atoms with Crippen LogP contribution in [-0.2, 0) is 4.79 Å². The van der Waals surface area contributed by atoms with E-state index in [1.54, 1.807) is 21.6 Å². The average molecular weight is 236 g/mol. The predicted molar refractivity (Wildman–Crippen MR) is 60.3 cm³/mol. The number of aliphatic hydroxyl groups excluding tert-OH is 2. The largest absolute Gasteiger partial charge is 0.390 e. The van der Waals surface area contributed by atoms with E-state index in [1.807, 2.05) is 6.26 Å². The second-order valence-electron chi connectivity index (χ2n) is 3.54. The van der Waals surface area contributed by atoms with Gasteiger partial charge in [-0.15, -0.1) is 0 Å². The van der Waals surface area contributed by atoms with E-state index in [-0.39, 0.29) is 11.7 Å². The van der Waals surface area contributed by atoms with Crippen LogP contribution in [0.4, 0.5) is 0 Å². The van der Waals surface area contributed by atoms with Crippen molar-refractivity contribution >= 4 is 27.4 Å². The SMILES string of the molecule is CSSCCC(=O)CC1CC(O)C1O. The Morgan fingerprint density at radius 2 is 2.21 bits per heavy atom. The monoisotopic (exact) mass is 236 g/mol. The van der Waals surface area contributed by atoms with Gasteiger partial charge in [0.2, 0.25) is 0 Å². The van der Waals surface area contributed by atoms with Crippen molar-refractivity contribution < 1.29 is 15.0 Å². The summed E-state index contributed by atoms with van der Waals surface area (Å²) in [5.41, 5.74) is 0. The lowest BCUT2D eigenvalue weighted by molar-refractivity contribution is -0.131. The van der Waals surface area contributed by atoms with E-state index in [1.165, 1.54) is 0 Å². The standard InChI is InChI=1S/C9H16O3S2/c1-13-14-3-2-7(10)4-6-5-8(11)9(6)12/h6,8-9,11-12H,2-5H2,1H3. The number of carbonyl (C=O) groups excluding carboxylic acids is 1. The van der Waals surface area contributed by atoms with Gasteiger partial charge >= 0.3 is 0 Å². The van der Waals surface area contributed by atoms with Crippen LogP contribution in [0, 0.1) is 5.92 Å². The normalized spacial score (nSPS) is 31.2. The van der Waals surface area contributed by atoms with Crippen molar-refractivity contribution in [3.63, 3.8) is 0 Å². The van der Waals surface area contributed by atoms with Gasteiger partial charge in [-0.3, -0.25) is 4.79 Å². The molecule has 0 amide bonds. The van der Waals surface area contributed by atoms with Gasteiger partial charge in [0.05, 0.1) is 12.2 Å². The van der Waals surface area contributed by atoms with Crippen LogP contribution >= 0.6 is 21.6 Å². The molecule has 2 N–H and O–H groups in total. The van der Waals surface area contributed by atoms with E-state index >= 15 is 0 Å². The van der Waals surface area contributed by atoms with Gasteiger partial charge in [0, 0.05) is 18.6 Å². The van der Waals surface area contributed by atoms with Gasteiger partial charge in [-0.1, -0.05) is 21.6 Å². The molecule has 1 rings (SSSR count). The lowest BCUT2D eigenvalue weighted by Crippen LogP contribution is -2.47. The van der Waals surface area contributed by atoms with Gasteiger partial charge in [-0.2, -0.15) is 0 Å². The zero-order chi connectivity index (χ0) is 10.6. The maximum absolute atomic E-state index is 11.4. The molecule has 3 nitrogen and oxygen atoms in total. The highest BCUT2D eigenvalue weighted by atomic mass is 33.1. The molecular formula is C9H16O3S2. The third-order valence-corrected chi connectivity index (χ3v) is 4.31. The lowest BCUT2D eigenvalue weighted by atomic mass is 9.76. The Bertz CT molecular complexity index is 198. The molecule has 1 aliphatic carbocycles. The number of ketones is 1. The fourth-order valence-electron chi connectivity index (χ4n) is 1.54. The van der Waals surface area contributed by atoms with E-state index in [2.05, 4.69) is 0 Å². The van der Waals surface area contributed by atoms with Gasteiger partial charge in [0.1, 0.15) is 5.78 Å². The zero-order valence-corrected chi connectivity index (χ0v) is 9.81. The molecule has 82 valence electrons. The molecule has 0 spiro atoms. The molecule has 1 fully saturated rings.